The molecule has 5 nitrogen and oxygen atoms in total. The average molecular weight is 273 g/mol. The number of nitrogens with zero attached hydrogens (tertiary/aromatic N) is 1. The summed E-state index contributed by atoms with van der Waals surface area (Å²) in [5, 5.41) is -0.892. The van der Waals surface area contributed by atoms with Gasteiger partial charge in [0.25, 0.3) is 0 Å². The first-order valence-corrected chi connectivity index (χ1v) is 7.00. The maximum atomic E-state index is 11.9. The van der Waals surface area contributed by atoms with E-state index in [1.807, 2.05) is 0 Å². The molecule has 0 aliphatic heterocycles. The van der Waals surface area contributed by atoms with Crippen molar-refractivity contribution in [2.24, 2.45) is 5.73 Å². The topological polar surface area (TPSA) is 85.1 Å². The third-order valence-electron chi connectivity index (χ3n) is 2.39. The monoisotopic (exact) mass is 273 g/mol. The van der Waals surface area contributed by atoms with Crippen LogP contribution >= 0.6 is 12.2 Å². The van der Waals surface area contributed by atoms with E-state index in [1.165, 1.54) is 6.92 Å². The molecule has 1 heterocycles. The van der Waals surface area contributed by atoms with Crippen LogP contribution in [-0.2, 0) is 10.0 Å². The second-order valence-corrected chi connectivity index (χ2v) is 6.22. The first kappa shape index (κ1) is 14.0. The number of aromatic nitrogens is 1. The zero-order valence-corrected chi connectivity index (χ0v) is 11.3. The van der Waals surface area contributed by atoms with E-state index in [0.717, 1.165) is 5.56 Å². The molecule has 0 spiro atoms. The Kier molecular flexibility index (Phi) is 4.55. The van der Waals surface area contributed by atoms with Gasteiger partial charge in [0.05, 0.1) is 4.99 Å². The number of rotatable bonds is 5. The minimum absolute atomic E-state index is 0.0455. The summed E-state index contributed by atoms with van der Waals surface area (Å²) in [6, 6.07) is 3.17. The molecular formula is C10H15N3O2S2. The lowest BCUT2D eigenvalue weighted by Crippen LogP contribution is -2.41. The molecule has 7 heteroatoms. The van der Waals surface area contributed by atoms with E-state index < -0.39 is 15.3 Å². The molecule has 0 amide bonds. The van der Waals surface area contributed by atoms with Crippen molar-refractivity contribution in [2.75, 3.05) is 0 Å². The van der Waals surface area contributed by atoms with E-state index in [9.17, 15) is 8.42 Å². The molecule has 1 aromatic rings. The maximum absolute atomic E-state index is 11.9. The molecule has 0 fully saturated rings. The Labute approximate surface area is 106 Å². The highest BCUT2D eigenvalue weighted by Gasteiger charge is 2.25. The van der Waals surface area contributed by atoms with Crippen LogP contribution in [-0.4, -0.2) is 23.6 Å². The zero-order chi connectivity index (χ0) is 13.1. The quantitative estimate of drug-likeness (QED) is 0.773. The van der Waals surface area contributed by atoms with Crippen LogP contribution in [0.25, 0.3) is 0 Å². The van der Waals surface area contributed by atoms with Gasteiger partial charge in [0, 0.05) is 18.4 Å². The highest BCUT2D eigenvalue weighted by atomic mass is 32.2. The minimum atomic E-state index is -3.55. The number of hydrogen-bond donors (Lipinski definition) is 2. The molecule has 2 unspecified atom stereocenters. The van der Waals surface area contributed by atoms with Crippen molar-refractivity contribution in [1.82, 2.24) is 9.71 Å². The van der Waals surface area contributed by atoms with Gasteiger partial charge in [-0.25, -0.2) is 13.1 Å². The van der Waals surface area contributed by atoms with E-state index in [-0.39, 0.29) is 11.0 Å². The predicted molar refractivity (Wildman–Crippen MR) is 71.0 cm³/mol. The van der Waals surface area contributed by atoms with Crippen LogP contribution < -0.4 is 10.5 Å². The highest BCUT2D eigenvalue weighted by molar-refractivity contribution is 7.93. The van der Waals surface area contributed by atoms with Crippen molar-refractivity contribution in [3.05, 3.63) is 30.1 Å². The molecule has 0 aliphatic carbocycles. The molecule has 1 aromatic heterocycles. The molecule has 17 heavy (non-hydrogen) atoms. The lowest BCUT2D eigenvalue weighted by molar-refractivity contribution is 0.563. The van der Waals surface area contributed by atoms with Gasteiger partial charge in [-0.3, -0.25) is 4.98 Å². The van der Waals surface area contributed by atoms with Crippen LogP contribution in [0.15, 0.2) is 24.5 Å². The summed E-state index contributed by atoms with van der Waals surface area (Å²) in [7, 11) is -3.55. The summed E-state index contributed by atoms with van der Waals surface area (Å²) < 4.78 is 26.2. The molecule has 0 saturated carbocycles. The molecule has 0 aromatic carbocycles. The maximum Gasteiger partial charge on any atom is 0.221 e. The lowest BCUT2D eigenvalue weighted by atomic mass is 10.2. The Hall–Kier alpha value is -1.05. The second kappa shape index (κ2) is 5.52. The number of hydrogen-bond acceptors (Lipinski definition) is 4. The van der Waals surface area contributed by atoms with Crippen LogP contribution in [0, 0.1) is 0 Å². The van der Waals surface area contributed by atoms with Gasteiger partial charge >= 0.3 is 0 Å². The van der Waals surface area contributed by atoms with E-state index in [2.05, 4.69) is 21.9 Å². The average Bonchev–Trinajstić information content (AvgIpc) is 2.28. The summed E-state index contributed by atoms with van der Waals surface area (Å²) in [6.45, 7) is 3.20. The first-order valence-electron chi connectivity index (χ1n) is 5.05. The van der Waals surface area contributed by atoms with Gasteiger partial charge in [0.1, 0.15) is 5.25 Å². The highest BCUT2D eigenvalue weighted by Crippen LogP contribution is 2.13. The van der Waals surface area contributed by atoms with Crippen LogP contribution in [0.1, 0.15) is 25.5 Å². The van der Waals surface area contributed by atoms with Crippen LogP contribution in [0.4, 0.5) is 0 Å². The van der Waals surface area contributed by atoms with Crippen molar-refractivity contribution in [1.29, 1.82) is 0 Å². The minimum Gasteiger partial charge on any atom is -0.392 e. The van der Waals surface area contributed by atoms with Crippen LogP contribution in [0.2, 0.25) is 0 Å². The molecule has 0 bridgehead atoms. The summed E-state index contributed by atoms with van der Waals surface area (Å²) in [6.07, 6.45) is 3.24. The summed E-state index contributed by atoms with van der Waals surface area (Å²) in [5.74, 6) is 0. The van der Waals surface area contributed by atoms with Crippen molar-refractivity contribution >= 4 is 27.2 Å². The Morgan fingerprint density at radius 3 is 2.65 bits per heavy atom. The van der Waals surface area contributed by atoms with Gasteiger partial charge in [-0.15, -0.1) is 0 Å². The lowest BCUT2D eigenvalue weighted by Gasteiger charge is -2.17. The Bertz CT molecular complexity index is 488. The number of sulfonamides is 1. The van der Waals surface area contributed by atoms with Gasteiger partial charge in [-0.05, 0) is 25.5 Å². The van der Waals surface area contributed by atoms with E-state index in [1.54, 1.807) is 31.5 Å². The Morgan fingerprint density at radius 1 is 1.53 bits per heavy atom. The number of nitrogens with one attached hydrogen (secondary N) is 1. The number of nitrogens with two attached hydrogens (primary N) is 1. The SMILES string of the molecule is CC(NS(=O)(=O)C(C)C(N)=S)c1cccnc1. The molecule has 0 saturated heterocycles. The molecule has 2 atom stereocenters. The number of thiocarbonyl (C=S) groups is 1. The molecule has 0 radical (unpaired) electrons. The molecule has 1 rings (SSSR count). The Balaban J connectivity index is 2.82. The zero-order valence-electron chi connectivity index (χ0n) is 9.62. The van der Waals surface area contributed by atoms with Gasteiger partial charge in [0.15, 0.2) is 0 Å². The third kappa shape index (κ3) is 3.72. The van der Waals surface area contributed by atoms with E-state index >= 15 is 0 Å². The number of pyridine rings is 1. The third-order valence-corrected chi connectivity index (χ3v) is 4.76. The van der Waals surface area contributed by atoms with Gasteiger partial charge in [-0.1, -0.05) is 18.3 Å². The molecule has 94 valence electrons. The first-order chi connectivity index (χ1) is 7.84. The molecule has 3 N–H and O–H groups in total. The van der Waals surface area contributed by atoms with Crippen molar-refractivity contribution < 1.29 is 8.42 Å². The molecule has 0 aliphatic rings. The summed E-state index contributed by atoms with van der Waals surface area (Å²) in [5.41, 5.74) is 6.12. The van der Waals surface area contributed by atoms with E-state index in [4.69, 9.17) is 5.73 Å². The van der Waals surface area contributed by atoms with Crippen LogP contribution in [0.5, 0.6) is 0 Å². The Morgan fingerprint density at radius 2 is 2.18 bits per heavy atom. The van der Waals surface area contributed by atoms with Crippen LogP contribution in [0.3, 0.4) is 0 Å². The standard InChI is InChI=1S/C10H15N3O2S2/c1-7(9-4-3-5-12-6-9)13-17(14,15)8(2)10(11)16/h3-8,13H,1-2H3,(H2,11,16). The summed E-state index contributed by atoms with van der Waals surface area (Å²) >= 11 is 4.68. The molecular weight excluding hydrogens is 258 g/mol. The summed E-state index contributed by atoms with van der Waals surface area (Å²) in [4.78, 5) is 3.88. The van der Waals surface area contributed by atoms with E-state index in [0.29, 0.717) is 0 Å². The van der Waals surface area contributed by atoms with Gasteiger partial charge < -0.3 is 5.73 Å². The predicted octanol–water partition coefficient (Wildman–Crippen LogP) is 0.737. The largest absolute Gasteiger partial charge is 0.392 e. The van der Waals surface area contributed by atoms with Gasteiger partial charge in [0.2, 0.25) is 10.0 Å². The fourth-order valence-electron chi connectivity index (χ4n) is 1.20. The van der Waals surface area contributed by atoms with Crippen molar-refractivity contribution in [3.63, 3.8) is 0 Å². The second-order valence-electron chi connectivity index (χ2n) is 3.72. The van der Waals surface area contributed by atoms with Crippen molar-refractivity contribution in [2.45, 2.75) is 25.1 Å². The fourth-order valence-corrected chi connectivity index (χ4v) is 2.72. The van der Waals surface area contributed by atoms with Crippen molar-refractivity contribution in [3.8, 4) is 0 Å². The fraction of sp³-hybridized carbons (Fsp3) is 0.400. The smallest absolute Gasteiger partial charge is 0.221 e. The normalized spacial score (nSPS) is 15.2. The van der Waals surface area contributed by atoms with Gasteiger partial charge in [-0.2, -0.15) is 0 Å².